The highest BCUT2D eigenvalue weighted by Gasteiger charge is 2.11. The van der Waals surface area contributed by atoms with Crippen LogP contribution in [0.4, 0.5) is 5.69 Å². The molecule has 5 nitrogen and oxygen atoms in total. The highest BCUT2D eigenvalue weighted by atomic mass is 16.5. The molecule has 0 heterocycles. The molecule has 0 spiro atoms. The van der Waals surface area contributed by atoms with E-state index in [0.29, 0.717) is 23.6 Å². The molecule has 0 saturated heterocycles. The summed E-state index contributed by atoms with van der Waals surface area (Å²) in [5.41, 5.74) is 1.25. The first-order valence-corrected chi connectivity index (χ1v) is 7.47. The van der Waals surface area contributed by atoms with Gasteiger partial charge in [0.15, 0.2) is 0 Å². The van der Waals surface area contributed by atoms with Crippen LogP contribution in [0.5, 0.6) is 11.5 Å². The summed E-state index contributed by atoms with van der Waals surface area (Å²) in [6, 6.07) is 16.1. The number of methoxy groups -OCH3 is 1. The van der Waals surface area contributed by atoms with Crippen molar-refractivity contribution in [3.05, 3.63) is 59.7 Å². The molecule has 0 radical (unpaired) electrons. The van der Waals surface area contributed by atoms with Gasteiger partial charge in [-0.05, 0) is 43.3 Å². The molecule has 122 valence electrons. The maximum atomic E-state index is 12.3. The Hall–Kier alpha value is -3.26. The Morgan fingerprint density at radius 3 is 2.54 bits per heavy atom. The minimum atomic E-state index is -0.479. The first-order valence-electron chi connectivity index (χ1n) is 7.47. The second-order valence-electron chi connectivity index (χ2n) is 4.82. The summed E-state index contributed by atoms with van der Waals surface area (Å²) in [7, 11) is 1.54. The average Bonchev–Trinajstić information content (AvgIpc) is 2.61. The van der Waals surface area contributed by atoms with Gasteiger partial charge in [-0.2, -0.15) is 5.26 Å². The van der Waals surface area contributed by atoms with E-state index in [9.17, 15) is 10.1 Å². The molecule has 0 aliphatic rings. The Kier molecular flexibility index (Phi) is 5.98. The fraction of sp³-hybridized carbons (Fsp3) is 0.158. The Bertz CT molecular complexity index is 774. The molecule has 2 rings (SSSR count). The predicted molar refractivity (Wildman–Crippen MR) is 92.8 cm³/mol. The molecule has 1 amide bonds. The number of nitrogens with zero attached hydrogens (tertiary/aromatic N) is 1. The number of hydrogen-bond acceptors (Lipinski definition) is 4. The summed E-state index contributed by atoms with van der Waals surface area (Å²) < 4.78 is 10.6. The van der Waals surface area contributed by atoms with E-state index >= 15 is 0 Å². The smallest absolute Gasteiger partial charge is 0.266 e. The zero-order valence-electron chi connectivity index (χ0n) is 13.6. The molecule has 0 saturated carbocycles. The first kappa shape index (κ1) is 17.1. The van der Waals surface area contributed by atoms with Gasteiger partial charge in [-0.3, -0.25) is 4.79 Å². The summed E-state index contributed by atoms with van der Waals surface area (Å²) in [4.78, 5) is 12.3. The van der Waals surface area contributed by atoms with Gasteiger partial charge in [0, 0.05) is 11.3 Å². The molecule has 2 aromatic rings. The Labute approximate surface area is 141 Å². The largest absolute Gasteiger partial charge is 0.496 e. The number of rotatable bonds is 6. The number of nitrogens with one attached hydrogen (secondary N) is 1. The number of para-hydroxylation sites is 1. The number of hydrogen-bond donors (Lipinski definition) is 1. The highest BCUT2D eigenvalue weighted by molar-refractivity contribution is 6.09. The summed E-state index contributed by atoms with van der Waals surface area (Å²) >= 11 is 0. The lowest BCUT2D eigenvalue weighted by atomic mass is 10.1. The minimum Gasteiger partial charge on any atom is -0.496 e. The lowest BCUT2D eigenvalue weighted by Crippen LogP contribution is -2.13. The van der Waals surface area contributed by atoms with E-state index in [2.05, 4.69) is 5.32 Å². The van der Waals surface area contributed by atoms with E-state index in [4.69, 9.17) is 9.47 Å². The van der Waals surface area contributed by atoms with Crippen molar-refractivity contribution < 1.29 is 14.3 Å². The molecule has 5 heteroatoms. The number of carbonyl (C=O) groups excluding carboxylic acids is 1. The van der Waals surface area contributed by atoms with Crippen molar-refractivity contribution in [2.24, 2.45) is 0 Å². The molecule has 0 unspecified atom stereocenters. The van der Waals surface area contributed by atoms with Crippen LogP contribution in [0.1, 0.15) is 12.5 Å². The summed E-state index contributed by atoms with van der Waals surface area (Å²) in [6.07, 6.45) is 1.50. The number of carbonyl (C=O) groups is 1. The number of nitriles is 1. The van der Waals surface area contributed by atoms with Gasteiger partial charge in [0.2, 0.25) is 0 Å². The number of amides is 1. The molecular formula is C19H18N2O3. The molecule has 1 N–H and O–H groups in total. The first-order chi connectivity index (χ1) is 11.7. The number of anilines is 1. The van der Waals surface area contributed by atoms with Crippen LogP contribution in [0.15, 0.2) is 54.1 Å². The van der Waals surface area contributed by atoms with Crippen LogP contribution in [0.25, 0.3) is 6.08 Å². The third-order valence-corrected chi connectivity index (χ3v) is 3.23. The molecular weight excluding hydrogens is 304 g/mol. The van der Waals surface area contributed by atoms with Crippen LogP contribution in [0.3, 0.4) is 0 Å². The molecule has 0 fully saturated rings. The van der Waals surface area contributed by atoms with Crippen molar-refractivity contribution in [2.75, 3.05) is 19.0 Å². The fourth-order valence-electron chi connectivity index (χ4n) is 2.09. The van der Waals surface area contributed by atoms with Crippen molar-refractivity contribution in [1.82, 2.24) is 0 Å². The Morgan fingerprint density at radius 1 is 1.21 bits per heavy atom. The van der Waals surface area contributed by atoms with Crippen molar-refractivity contribution >= 4 is 17.7 Å². The third kappa shape index (κ3) is 4.37. The number of ether oxygens (including phenoxy) is 2. The van der Waals surface area contributed by atoms with Gasteiger partial charge in [0.05, 0.1) is 13.7 Å². The fourth-order valence-corrected chi connectivity index (χ4v) is 2.09. The lowest BCUT2D eigenvalue weighted by molar-refractivity contribution is -0.112. The van der Waals surface area contributed by atoms with Crippen LogP contribution in [-0.2, 0) is 4.79 Å². The van der Waals surface area contributed by atoms with Gasteiger partial charge in [0.25, 0.3) is 5.91 Å². The lowest BCUT2D eigenvalue weighted by Gasteiger charge is -2.07. The normalized spacial score (nSPS) is 10.6. The maximum Gasteiger partial charge on any atom is 0.266 e. The molecule has 0 aromatic heterocycles. The van der Waals surface area contributed by atoms with E-state index in [1.807, 2.05) is 25.1 Å². The van der Waals surface area contributed by atoms with Gasteiger partial charge < -0.3 is 14.8 Å². The van der Waals surface area contributed by atoms with Crippen molar-refractivity contribution in [3.63, 3.8) is 0 Å². The molecule has 0 bridgehead atoms. The molecule has 2 aromatic carbocycles. The highest BCUT2D eigenvalue weighted by Crippen LogP contribution is 2.21. The van der Waals surface area contributed by atoms with Crippen LogP contribution in [0, 0.1) is 11.3 Å². The quantitative estimate of drug-likeness (QED) is 0.651. The third-order valence-electron chi connectivity index (χ3n) is 3.23. The van der Waals surface area contributed by atoms with Gasteiger partial charge in [0.1, 0.15) is 23.1 Å². The monoisotopic (exact) mass is 322 g/mol. The second-order valence-corrected chi connectivity index (χ2v) is 4.82. The van der Waals surface area contributed by atoms with E-state index in [1.54, 1.807) is 43.5 Å². The van der Waals surface area contributed by atoms with Gasteiger partial charge in [-0.25, -0.2) is 0 Å². The van der Waals surface area contributed by atoms with Gasteiger partial charge in [-0.1, -0.05) is 18.2 Å². The Morgan fingerprint density at radius 2 is 1.92 bits per heavy atom. The van der Waals surface area contributed by atoms with E-state index in [1.165, 1.54) is 6.08 Å². The predicted octanol–water partition coefficient (Wildman–Crippen LogP) is 3.64. The maximum absolute atomic E-state index is 12.3. The summed E-state index contributed by atoms with van der Waals surface area (Å²) in [6.45, 7) is 2.48. The second kappa shape index (κ2) is 8.39. The summed E-state index contributed by atoms with van der Waals surface area (Å²) in [5, 5.41) is 12.0. The number of benzene rings is 2. The molecule has 0 aliphatic heterocycles. The van der Waals surface area contributed by atoms with Gasteiger partial charge >= 0.3 is 0 Å². The van der Waals surface area contributed by atoms with Crippen LogP contribution in [-0.4, -0.2) is 19.6 Å². The van der Waals surface area contributed by atoms with Gasteiger partial charge in [-0.15, -0.1) is 0 Å². The molecule has 0 atom stereocenters. The van der Waals surface area contributed by atoms with Crippen molar-refractivity contribution in [3.8, 4) is 17.6 Å². The molecule has 0 aliphatic carbocycles. The minimum absolute atomic E-state index is 0.00613. The zero-order chi connectivity index (χ0) is 17.4. The van der Waals surface area contributed by atoms with E-state index in [-0.39, 0.29) is 5.57 Å². The summed E-state index contributed by atoms with van der Waals surface area (Å²) in [5.74, 6) is 0.840. The van der Waals surface area contributed by atoms with Crippen LogP contribution >= 0.6 is 0 Å². The zero-order valence-corrected chi connectivity index (χ0v) is 13.6. The standard InChI is InChI=1S/C19H18N2O3/c1-3-24-17-10-8-16(9-11-17)21-19(22)15(13-20)12-14-6-4-5-7-18(14)23-2/h4-12H,3H2,1-2H3,(H,21,22)/b15-12+. The topological polar surface area (TPSA) is 71.3 Å². The SMILES string of the molecule is CCOc1ccc(NC(=O)/C(C#N)=C/c2ccccc2OC)cc1. The van der Waals surface area contributed by atoms with E-state index < -0.39 is 5.91 Å². The van der Waals surface area contributed by atoms with Crippen molar-refractivity contribution in [2.45, 2.75) is 6.92 Å². The van der Waals surface area contributed by atoms with Crippen molar-refractivity contribution in [1.29, 1.82) is 5.26 Å². The van der Waals surface area contributed by atoms with Crippen LogP contribution < -0.4 is 14.8 Å². The van der Waals surface area contributed by atoms with Crippen LogP contribution in [0.2, 0.25) is 0 Å². The average molecular weight is 322 g/mol. The van der Waals surface area contributed by atoms with E-state index in [0.717, 1.165) is 5.75 Å². The molecule has 24 heavy (non-hydrogen) atoms. The Balaban J connectivity index is 2.17.